The van der Waals surface area contributed by atoms with Crippen molar-refractivity contribution in [3.8, 4) is 12.3 Å². The second-order valence-electron chi connectivity index (χ2n) is 5.79. The molecule has 0 amide bonds. The summed E-state index contributed by atoms with van der Waals surface area (Å²) in [7, 11) is 0. The fraction of sp³-hybridized carbons (Fsp3) is 0.562. The first-order valence-corrected chi connectivity index (χ1v) is 7.89. The summed E-state index contributed by atoms with van der Waals surface area (Å²) in [5.74, 6) is 3.53. The van der Waals surface area contributed by atoms with E-state index in [0.717, 1.165) is 25.2 Å². The van der Waals surface area contributed by atoms with Gasteiger partial charge >= 0.3 is 0 Å². The van der Waals surface area contributed by atoms with Gasteiger partial charge in [0, 0.05) is 19.0 Å². The molecule has 1 saturated heterocycles. The minimum Gasteiger partial charge on any atom is -0.394 e. The van der Waals surface area contributed by atoms with Gasteiger partial charge in [-0.05, 0) is 19.3 Å². The van der Waals surface area contributed by atoms with Crippen LogP contribution >= 0.6 is 0 Å². The number of aliphatic hydroxyl groups excluding tert-OH is 2. The Morgan fingerprint density at radius 3 is 2.83 bits per heavy atom. The van der Waals surface area contributed by atoms with Crippen LogP contribution in [0.15, 0.2) is 12.7 Å². The summed E-state index contributed by atoms with van der Waals surface area (Å²) in [6, 6.07) is -0.186. The number of hydrogen-bond donors (Lipinski definition) is 2. The maximum atomic E-state index is 9.40. The number of rotatable bonds is 5. The number of aromatic nitrogens is 4. The zero-order valence-electron chi connectivity index (χ0n) is 13.0. The van der Waals surface area contributed by atoms with Gasteiger partial charge in [0.05, 0.1) is 25.6 Å². The molecule has 0 spiro atoms. The lowest BCUT2D eigenvalue weighted by Gasteiger charge is -2.35. The number of anilines is 1. The Morgan fingerprint density at radius 2 is 2.09 bits per heavy atom. The summed E-state index contributed by atoms with van der Waals surface area (Å²) in [5.41, 5.74) is 1.30. The molecule has 122 valence electrons. The highest BCUT2D eigenvalue weighted by Crippen LogP contribution is 2.29. The molecule has 0 bridgehead atoms. The van der Waals surface area contributed by atoms with Crippen LogP contribution in [-0.2, 0) is 0 Å². The van der Waals surface area contributed by atoms with E-state index < -0.39 is 6.04 Å². The van der Waals surface area contributed by atoms with Crippen molar-refractivity contribution in [2.24, 2.45) is 0 Å². The molecule has 7 nitrogen and oxygen atoms in total. The molecule has 0 aromatic carbocycles. The van der Waals surface area contributed by atoms with Gasteiger partial charge in [0.2, 0.25) is 0 Å². The van der Waals surface area contributed by atoms with Gasteiger partial charge in [0.25, 0.3) is 0 Å². The molecule has 1 fully saturated rings. The van der Waals surface area contributed by atoms with Crippen LogP contribution in [0, 0.1) is 12.3 Å². The molecular formula is C16H21N5O2. The lowest BCUT2D eigenvalue weighted by molar-refractivity contribution is 0.156. The highest BCUT2D eigenvalue weighted by molar-refractivity contribution is 5.83. The topological polar surface area (TPSA) is 87.3 Å². The third-order valence-electron chi connectivity index (χ3n) is 4.41. The first kappa shape index (κ1) is 15.7. The van der Waals surface area contributed by atoms with E-state index >= 15 is 0 Å². The Morgan fingerprint density at radius 1 is 1.26 bits per heavy atom. The van der Waals surface area contributed by atoms with Crippen molar-refractivity contribution < 1.29 is 10.2 Å². The zero-order valence-corrected chi connectivity index (χ0v) is 13.0. The maximum absolute atomic E-state index is 9.40. The lowest BCUT2D eigenvalue weighted by Crippen LogP contribution is -2.40. The van der Waals surface area contributed by atoms with Gasteiger partial charge in [-0.15, -0.1) is 12.3 Å². The third kappa shape index (κ3) is 2.87. The van der Waals surface area contributed by atoms with Crippen LogP contribution in [0.25, 0.3) is 11.2 Å². The Kier molecular flexibility index (Phi) is 4.74. The summed E-state index contributed by atoms with van der Waals surface area (Å²) in [5, 5.41) is 18.8. The van der Waals surface area contributed by atoms with E-state index in [1.54, 1.807) is 10.9 Å². The monoisotopic (exact) mass is 315 g/mol. The number of fused-ring (bicyclic) bond motifs is 1. The van der Waals surface area contributed by atoms with Crippen LogP contribution in [0.3, 0.4) is 0 Å². The van der Waals surface area contributed by atoms with Crippen LogP contribution in [0.5, 0.6) is 0 Å². The number of imidazole rings is 1. The standard InChI is InChI=1S/C16H21N5O2/c1-2-5-12-6-3-4-7-20(12)15-14-16(18-10-17-15)21(11-19-14)13(8-22)9-23/h1,10-13,22-23H,3-9H2. The van der Waals surface area contributed by atoms with E-state index in [1.165, 1.54) is 12.7 Å². The van der Waals surface area contributed by atoms with E-state index in [-0.39, 0.29) is 19.3 Å². The highest BCUT2D eigenvalue weighted by atomic mass is 16.3. The van der Waals surface area contributed by atoms with Gasteiger partial charge in [0.15, 0.2) is 17.0 Å². The lowest BCUT2D eigenvalue weighted by atomic mass is 9.99. The van der Waals surface area contributed by atoms with E-state index in [2.05, 4.69) is 25.8 Å². The smallest absolute Gasteiger partial charge is 0.165 e. The average Bonchev–Trinajstić information content (AvgIpc) is 3.01. The molecule has 7 heteroatoms. The minimum atomic E-state index is -0.453. The Labute approximate surface area is 135 Å². The molecule has 1 aliphatic rings. The molecule has 3 rings (SSSR count). The van der Waals surface area contributed by atoms with Gasteiger partial charge in [0.1, 0.15) is 6.33 Å². The molecule has 2 aromatic heterocycles. The molecule has 2 aromatic rings. The SMILES string of the molecule is C#CCC1CCCCN1c1ncnc2c1ncn2C(CO)CO. The molecule has 2 N–H and O–H groups in total. The van der Waals surface area contributed by atoms with Crippen molar-refractivity contribution in [1.82, 2.24) is 19.5 Å². The fourth-order valence-corrected chi connectivity index (χ4v) is 3.18. The van der Waals surface area contributed by atoms with Crippen LogP contribution in [0.2, 0.25) is 0 Å². The molecular weight excluding hydrogens is 294 g/mol. The van der Waals surface area contributed by atoms with E-state index in [0.29, 0.717) is 17.6 Å². The van der Waals surface area contributed by atoms with E-state index in [1.807, 2.05) is 0 Å². The van der Waals surface area contributed by atoms with Gasteiger partial charge in [-0.3, -0.25) is 0 Å². The molecule has 1 aliphatic heterocycles. The Balaban J connectivity index is 2.03. The number of piperidine rings is 1. The summed E-state index contributed by atoms with van der Waals surface area (Å²) in [6.45, 7) is 0.546. The second kappa shape index (κ2) is 6.94. The molecule has 1 unspecified atom stereocenters. The maximum Gasteiger partial charge on any atom is 0.165 e. The first-order chi connectivity index (χ1) is 11.3. The fourth-order valence-electron chi connectivity index (χ4n) is 3.18. The molecule has 0 saturated carbocycles. The van der Waals surface area contributed by atoms with Crippen LogP contribution < -0.4 is 4.90 Å². The van der Waals surface area contributed by atoms with Crippen molar-refractivity contribution in [2.75, 3.05) is 24.7 Å². The van der Waals surface area contributed by atoms with Crippen molar-refractivity contribution in [2.45, 2.75) is 37.8 Å². The molecule has 1 atom stereocenters. The minimum absolute atomic E-state index is 0.176. The normalized spacial score (nSPS) is 18.5. The molecule has 23 heavy (non-hydrogen) atoms. The number of hydrogen-bond acceptors (Lipinski definition) is 6. The van der Waals surface area contributed by atoms with Gasteiger partial charge in [-0.1, -0.05) is 0 Å². The molecule has 0 radical (unpaired) electrons. The number of terminal acetylenes is 1. The van der Waals surface area contributed by atoms with E-state index in [4.69, 9.17) is 6.42 Å². The molecule has 0 aliphatic carbocycles. The van der Waals surface area contributed by atoms with Crippen LogP contribution in [0.4, 0.5) is 5.82 Å². The molecule has 3 heterocycles. The Bertz CT molecular complexity index is 704. The predicted octanol–water partition coefficient (Wildman–Crippen LogP) is 0.734. The number of aliphatic hydroxyl groups is 2. The summed E-state index contributed by atoms with van der Waals surface area (Å²) < 4.78 is 1.70. The second-order valence-corrected chi connectivity index (χ2v) is 5.79. The van der Waals surface area contributed by atoms with Crippen LogP contribution in [-0.4, -0.2) is 55.5 Å². The first-order valence-electron chi connectivity index (χ1n) is 7.89. The van der Waals surface area contributed by atoms with Crippen LogP contribution in [0.1, 0.15) is 31.7 Å². The highest BCUT2D eigenvalue weighted by Gasteiger charge is 2.26. The summed E-state index contributed by atoms with van der Waals surface area (Å²) >= 11 is 0. The zero-order chi connectivity index (χ0) is 16.2. The summed E-state index contributed by atoms with van der Waals surface area (Å²) in [4.78, 5) is 15.4. The van der Waals surface area contributed by atoms with Gasteiger partial charge in [-0.2, -0.15) is 0 Å². The van der Waals surface area contributed by atoms with Crippen molar-refractivity contribution in [3.63, 3.8) is 0 Å². The van der Waals surface area contributed by atoms with Crippen molar-refractivity contribution >= 4 is 17.0 Å². The van der Waals surface area contributed by atoms with Gasteiger partial charge in [-0.25, -0.2) is 15.0 Å². The van der Waals surface area contributed by atoms with E-state index in [9.17, 15) is 10.2 Å². The van der Waals surface area contributed by atoms with Gasteiger partial charge < -0.3 is 19.7 Å². The Hall–Kier alpha value is -2.17. The number of nitrogens with zero attached hydrogens (tertiary/aromatic N) is 5. The van der Waals surface area contributed by atoms with Crippen molar-refractivity contribution in [3.05, 3.63) is 12.7 Å². The average molecular weight is 315 g/mol. The predicted molar refractivity (Wildman–Crippen MR) is 87.0 cm³/mol. The van der Waals surface area contributed by atoms with Crippen molar-refractivity contribution in [1.29, 1.82) is 0 Å². The summed E-state index contributed by atoms with van der Waals surface area (Å²) in [6.07, 6.45) is 12.6. The quantitative estimate of drug-likeness (QED) is 0.791. The largest absolute Gasteiger partial charge is 0.394 e. The third-order valence-corrected chi connectivity index (χ3v) is 4.41.